The maximum absolute atomic E-state index is 9.29. The van der Waals surface area contributed by atoms with Crippen molar-refractivity contribution in [2.45, 2.75) is 18.9 Å². The summed E-state index contributed by atoms with van der Waals surface area (Å²) in [6.45, 7) is 2.18. The maximum atomic E-state index is 9.29. The van der Waals surface area contributed by atoms with Gasteiger partial charge in [0.25, 0.3) is 0 Å². The van der Waals surface area contributed by atoms with Crippen molar-refractivity contribution in [1.29, 1.82) is 0 Å². The summed E-state index contributed by atoms with van der Waals surface area (Å²) in [5.74, 6) is 0. The highest BCUT2D eigenvalue weighted by atomic mass is 79.9. The molecule has 2 rings (SSSR count). The molecule has 0 aliphatic carbocycles. The van der Waals surface area contributed by atoms with E-state index >= 15 is 0 Å². The Bertz CT molecular complexity index is 462. The largest absolute Gasteiger partial charge is 0.392 e. The molecule has 2 aromatic rings. The SMILES string of the molecule is Cc1cc(CBr)c2sccc2c1CO. The van der Waals surface area contributed by atoms with Gasteiger partial charge >= 0.3 is 0 Å². The Hall–Kier alpha value is -0.380. The smallest absolute Gasteiger partial charge is 0.0690 e. The highest BCUT2D eigenvalue weighted by Crippen LogP contribution is 2.31. The van der Waals surface area contributed by atoms with Gasteiger partial charge in [0, 0.05) is 10.0 Å². The van der Waals surface area contributed by atoms with Crippen LogP contribution in [0.3, 0.4) is 0 Å². The summed E-state index contributed by atoms with van der Waals surface area (Å²) in [5, 5.41) is 13.4. The van der Waals surface area contributed by atoms with Crippen molar-refractivity contribution in [3.05, 3.63) is 34.2 Å². The Morgan fingerprint density at radius 1 is 1.50 bits per heavy atom. The van der Waals surface area contributed by atoms with Crippen LogP contribution in [0.25, 0.3) is 10.1 Å². The van der Waals surface area contributed by atoms with Gasteiger partial charge in [-0.2, -0.15) is 0 Å². The standard InChI is InChI=1S/C11H11BrOS/c1-7-4-8(5-12)11-9(2-3-14-11)10(7)6-13/h2-4,13H,5-6H2,1H3. The molecular formula is C11H11BrOS. The first-order chi connectivity index (χ1) is 6.77. The number of hydrogen-bond donors (Lipinski definition) is 1. The van der Waals surface area contributed by atoms with Crippen molar-refractivity contribution in [3.63, 3.8) is 0 Å². The van der Waals surface area contributed by atoms with Gasteiger partial charge < -0.3 is 5.11 Å². The lowest BCUT2D eigenvalue weighted by Gasteiger charge is -2.07. The molecule has 0 spiro atoms. The molecule has 74 valence electrons. The summed E-state index contributed by atoms with van der Waals surface area (Å²) in [4.78, 5) is 0. The molecule has 1 N–H and O–H groups in total. The molecule has 0 aliphatic heterocycles. The molecule has 0 saturated heterocycles. The second kappa shape index (κ2) is 4.01. The van der Waals surface area contributed by atoms with Crippen LogP contribution in [0, 0.1) is 6.92 Å². The van der Waals surface area contributed by atoms with E-state index < -0.39 is 0 Å². The van der Waals surface area contributed by atoms with Crippen LogP contribution in [0.15, 0.2) is 17.5 Å². The van der Waals surface area contributed by atoms with E-state index in [-0.39, 0.29) is 6.61 Å². The molecule has 0 aliphatic rings. The predicted molar refractivity (Wildman–Crippen MR) is 65.1 cm³/mol. The monoisotopic (exact) mass is 270 g/mol. The van der Waals surface area contributed by atoms with E-state index in [0.717, 1.165) is 10.9 Å². The molecule has 3 heteroatoms. The van der Waals surface area contributed by atoms with Crippen LogP contribution in [-0.2, 0) is 11.9 Å². The summed E-state index contributed by atoms with van der Waals surface area (Å²) in [6, 6.07) is 4.24. The Morgan fingerprint density at radius 3 is 2.93 bits per heavy atom. The first kappa shape index (κ1) is 10.1. The topological polar surface area (TPSA) is 20.2 Å². The Kier molecular flexibility index (Phi) is 2.91. The van der Waals surface area contributed by atoms with Gasteiger partial charge in [0.1, 0.15) is 0 Å². The molecule has 0 amide bonds. The van der Waals surface area contributed by atoms with E-state index in [1.54, 1.807) is 11.3 Å². The highest BCUT2D eigenvalue weighted by Gasteiger charge is 2.09. The van der Waals surface area contributed by atoms with Gasteiger partial charge in [-0.15, -0.1) is 11.3 Å². The van der Waals surface area contributed by atoms with Crippen molar-refractivity contribution in [3.8, 4) is 0 Å². The third-order valence-corrected chi connectivity index (χ3v) is 4.04. The summed E-state index contributed by atoms with van der Waals surface area (Å²) < 4.78 is 1.29. The molecule has 0 saturated carbocycles. The minimum Gasteiger partial charge on any atom is -0.392 e. The van der Waals surface area contributed by atoms with Gasteiger partial charge in [-0.1, -0.05) is 22.0 Å². The van der Waals surface area contributed by atoms with Crippen molar-refractivity contribution in [2.24, 2.45) is 0 Å². The van der Waals surface area contributed by atoms with Crippen LogP contribution in [-0.4, -0.2) is 5.11 Å². The summed E-state index contributed by atoms with van der Waals surface area (Å²) in [6.07, 6.45) is 0. The first-order valence-corrected chi connectivity index (χ1v) is 6.43. The third kappa shape index (κ3) is 1.49. The lowest BCUT2D eigenvalue weighted by atomic mass is 10.0. The molecule has 0 radical (unpaired) electrons. The molecule has 14 heavy (non-hydrogen) atoms. The second-order valence-electron chi connectivity index (χ2n) is 3.29. The average molecular weight is 271 g/mol. The molecule has 1 aromatic carbocycles. The van der Waals surface area contributed by atoms with Crippen LogP contribution in [0.2, 0.25) is 0 Å². The predicted octanol–water partition coefficient (Wildman–Crippen LogP) is 3.60. The number of thiophene rings is 1. The number of fused-ring (bicyclic) bond motifs is 1. The number of benzene rings is 1. The molecule has 1 nitrogen and oxygen atoms in total. The molecule has 1 aromatic heterocycles. The molecule has 0 fully saturated rings. The summed E-state index contributed by atoms with van der Waals surface area (Å²) in [7, 11) is 0. The number of alkyl halides is 1. The van der Waals surface area contributed by atoms with Crippen molar-refractivity contribution >= 4 is 37.4 Å². The Balaban J connectivity index is 2.81. The van der Waals surface area contributed by atoms with Gasteiger partial charge in [-0.3, -0.25) is 0 Å². The summed E-state index contributed by atoms with van der Waals surface area (Å²) >= 11 is 5.22. The fraction of sp³-hybridized carbons (Fsp3) is 0.273. The minimum atomic E-state index is 0.127. The van der Waals surface area contributed by atoms with Crippen LogP contribution < -0.4 is 0 Å². The Labute approximate surface area is 95.5 Å². The lowest BCUT2D eigenvalue weighted by Crippen LogP contribution is -1.91. The van der Waals surface area contributed by atoms with Crippen molar-refractivity contribution < 1.29 is 5.11 Å². The maximum Gasteiger partial charge on any atom is 0.0690 e. The van der Waals surface area contributed by atoms with Crippen LogP contribution in [0.4, 0.5) is 0 Å². The number of hydrogen-bond acceptors (Lipinski definition) is 2. The zero-order valence-corrected chi connectivity index (χ0v) is 10.3. The van der Waals surface area contributed by atoms with Gasteiger partial charge in [-0.05, 0) is 40.4 Å². The van der Waals surface area contributed by atoms with E-state index in [4.69, 9.17) is 0 Å². The lowest BCUT2D eigenvalue weighted by molar-refractivity contribution is 0.282. The number of aryl methyl sites for hydroxylation is 1. The normalized spacial score (nSPS) is 11.1. The average Bonchev–Trinajstić information content (AvgIpc) is 2.65. The van der Waals surface area contributed by atoms with Crippen LogP contribution in [0.5, 0.6) is 0 Å². The molecule has 0 bridgehead atoms. The molecular weight excluding hydrogens is 260 g/mol. The fourth-order valence-corrected chi connectivity index (χ4v) is 3.30. The van der Waals surface area contributed by atoms with Crippen LogP contribution in [0.1, 0.15) is 16.7 Å². The number of halogens is 1. The third-order valence-electron chi connectivity index (χ3n) is 2.45. The number of rotatable bonds is 2. The van der Waals surface area contributed by atoms with Crippen molar-refractivity contribution in [1.82, 2.24) is 0 Å². The van der Waals surface area contributed by atoms with Gasteiger partial charge in [-0.25, -0.2) is 0 Å². The van der Waals surface area contributed by atoms with E-state index in [1.165, 1.54) is 21.2 Å². The zero-order valence-electron chi connectivity index (χ0n) is 7.88. The van der Waals surface area contributed by atoms with Gasteiger partial charge in [0.2, 0.25) is 0 Å². The minimum absolute atomic E-state index is 0.127. The quantitative estimate of drug-likeness (QED) is 0.827. The highest BCUT2D eigenvalue weighted by molar-refractivity contribution is 9.08. The van der Waals surface area contributed by atoms with E-state index in [1.807, 2.05) is 0 Å². The molecule has 0 atom stereocenters. The molecule has 1 heterocycles. The summed E-state index contributed by atoms with van der Waals surface area (Å²) in [5.41, 5.74) is 3.54. The van der Waals surface area contributed by atoms with Crippen LogP contribution >= 0.6 is 27.3 Å². The van der Waals surface area contributed by atoms with Crippen molar-refractivity contribution in [2.75, 3.05) is 0 Å². The zero-order chi connectivity index (χ0) is 10.1. The van der Waals surface area contributed by atoms with E-state index in [0.29, 0.717) is 0 Å². The van der Waals surface area contributed by atoms with E-state index in [9.17, 15) is 5.11 Å². The Morgan fingerprint density at radius 2 is 2.29 bits per heavy atom. The number of aliphatic hydroxyl groups excluding tert-OH is 1. The second-order valence-corrected chi connectivity index (χ2v) is 4.76. The van der Waals surface area contributed by atoms with Gasteiger partial charge in [0.15, 0.2) is 0 Å². The fourth-order valence-electron chi connectivity index (χ4n) is 1.73. The molecule has 0 unspecified atom stereocenters. The number of aliphatic hydroxyl groups is 1. The van der Waals surface area contributed by atoms with Gasteiger partial charge in [0.05, 0.1) is 6.61 Å². The first-order valence-electron chi connectivity index (χ1n) is 4.43. The van der Waals surface area contributed by atoms with E-state index in [2.05, 4.69) is 40.4 Å².